The zero-order chi connectivity index (χ0) is 9.68. The summed E-state index contributed by atoms with van der Waals surface area (Å²) in [6.07, 6.45) is 2.33. The van der Waals surface area contributed by atoms with Crippen LogP contribution in [-0.2, 0) is 0 Å². The Morgan fingerprint density at radius 1 is 1.69 bits per heavy atom. The number of nitrogens with zero attached hydrogens (tertiary/aromatic N) is 1. The first-order chi connectivity index (χ1) is 6.26. The molecule has 0 aromatic rings. The molecule has 1 heterocycles. The molecule has 1 fully saturated rings. The van der Waals surface area contributed by atoms with Gasteiger partial charge in [0.05, 0.1) is 0 Å². The summed E-state index contributed by atoms with van der Waals surface area (Å²) >= 11 is 0. The predicted octanol–water partition coefficient (Wildman–Crippen LogP) is 1.49. The van der Waals surface area contributed by atoms with Gasteiger partial charge >= 0.3 is 0 Å². The number of hydrogen-bond donors (Lipinski definition) is 1. The van der Waals surface area contributed by atoms with Crippen molar-refractivity contribution in [2.45, 2.75) is 25.8 Å². The average Bonchev–Trinajstić information content (AvgIpc) is 2.53. The van der Waals surface area contributed by atoms with Gasteiger partial charge in [0.2, 0.25) is 5.65 Å². The van der Waals surface area contributed by atoms with Gasteiger partial charge in [-0.25, -0.2) is 0 Å². The third kappa shape index (κ3) is 3.61. The van der Waals surface area contributed by atoms with Crippen LogP contribution < -0.4 is 5.32 Å². The Kier molecular flexibility index (Phi) is 4.68. The lowest BCUT2D eigenvalue weighted by Crippen LogP contribution is -2.34. The Morgan fingerprint density at radius 2 is 2.46 bits per heavy atom. The Hall–Kier alpha value is -0.140. The molecule has 0 bridgehead atoms. The first-order valence-corrected chi connectivity index (χ1v) is 6.47. The van der Waals surface area contributed by atoms with Crippen LogP contribution in [-0.4, -0.2) is 42.9 Å². The lowest BCUT2D eigenvalue weighted by Gasteiger charge is -2.15. The second-order valence-corrected chi connectivity index (χ2v) is 4.46. The molecule has 0 radical (unpaired) electrons. The molecule has 1 saturated heterocycles. The Balaban J connectivity index is 2.20. The lowest BCUT2D eigenvalue weighted by atomic mass is 10.3. The van der Waals surface area contributed by atoms with Gasteiger partial charge in [-0.1, -0.05) is 6.92 Å². The van der Waals surface area contributed by atoms with Crippen LogP contribution in [0.1, 0.15) is 19.8 Å². The monoisotopic (exact) mass is 202 g/mol. The Bertz CT molecular complexity index is 175. The molecule has 0 aromatic carbocycles. The zero-order valence-electron chi connectivity index (χ0n) is 8.47. The van der Waals surface area contributed by atoms with Crippen LogP contribution >= 0.6 is 8.58 Å². The molecular formula is C9H19N2OP. The number of carbonyl (C=O) groups is 1. The molecule has 2 unspecified atom stereocenters. The minimum absolute atomic E-state index is 0.211. The molecule has 0 saturated carbocycles. The van der Waals surface area contributed by atoms with E-state index in [0.717, 1.165) is 19.5 Å². The minimum atomic E-state index is 0.211. The molecule has 3 nitrogen and oxygen atoms in total. The van der Waals surface area contributed by atoms with Gasteiger partial charge in [-0.15, -0.1) is 0 Å². The van der Waals surface area contributed by atoms with Crippen molar-refractivity contribution in [3.05, 3.63) is 0 Å². The van der Waals surface area contributed by atoms with E-state index in [1.54, 1.807) is 0 Å². The molecule has 0 spiro atoms. The van der Waals surface area contributed by atoms with Gasteiger partial charge in [0, 0.05) is 19.1 Å². The number of nitrogens with one attached hydrogen (secondary N) is 1. The van der Waals surface area contributed by atoms with E-state index >= 15 is 0 Å². The second kappa shape index (κ2) is 5.56. The number of carbonyl (C=O) groups excluding carboxylic acids is 1. The fourth-order valence-electron chi connectivity index (χ4n) is 1.73. The summed E-state index contributed by atoms with van der Waals surface area (Å²) in [6.45, 7) is 7.48. The van der Waals surface area contributed by atoms with Crippen molar-refractivity contribution in [3.8, 4) is 0 Å². The van der Waals surface area contributed by atoms with Crippen LogP contribution in [0.15, 0.2) is 0 Å². The molecule has 2 atom stereocenters. The summed E-state index contributed by atoms with van der Waals surface area (Å²) in [5, 5.41) is 3.05. The van der Waals surface area contributed by atoms with Crippen LogP contribution in [0.3, 0.4) is 0 Å². The standard InChI is InChI=1S/C9H19N2OP/c1-3-5-11-6-4-8(7-11)10-9(12)13-2/h8,13H,3-7H2,1-2H3,(H,10,12). The van der Waals surface area contributed by atoms with E-state index in [1.807, 2.05) is 6.66 Å². The Labute approximate surface area is 82.0 Å². The molecule has 13 heavy (non-hydrogen) atoms. The van der Waals surface area contributed by atoms with E-state index in [2.05, 4.69) is 17.1 Å². The molecule has 1 amide bonds. The van der Waals surface area contributed by atoms with Gasteiger partial charge in [-0.05, 0) is 34.6 Å². The van der Waals surface area contributed by atoms with Gasteiger partial charge in [0.15, 0.2) is 0 Å². The number of likely N-dealkylation sites (tertiary alicyclic amines) is 1. The number of rotatable bonds is 4. The first kappa shape index (κ1) is 10.9. The quantitative estimate of drug-likeness (QED) is 0.700. The third-order valence-corrected chi connectivity index (χ3v) is 2.97. The number of hydrogen-bond acceptors (Lipinski definition) is 2. The van der Waals surface area contributed by atoms with E-state index in [1.165, 1.54) is 13.0 Å². The summed E-state index contributed by atoms with van der Waals surface area (Å²) in [4.78, 5) is 13.5. The number of amides is 1. The molecule has 4 heteroatoms. The second-order valence-electron chi connectivity index (χ2n) is 3.51. The first-order valence-electron chi connectivity index (χ1n) is 4.97. The van der Waals surface area contributed by atoms with Gasteiger partial charge in [-0.2, -0.15) is 0 Å². The summed E-state index contributed by atoms with van der Waals surface area (Å²) in [5.41, 5.74) is 0.211. The highest BCUT2D eigenvalue weighted by Gasteiger charge is 2.22. The van der Waals surface area contributed by atoms with Crippen molar-refractivity contribution in [2.75, 3.05) is 26.3 Å². The van der Waals surface area contributed by atoms with Gasteiger partial charge < -0.3 is 10.2 Å². The minimum Gasteiger partial charge on any atom is -0.349 e. The summed E-state index contributed by atoms with van der Waals surface area (Å²) < 4.78 is 0. The van der Waals surface area contributed by atoms with Crippen molar-refractivity contribution in [1.82, 2.24) is 10.2 Å². The fourth-order valence-corrected chi connectivity index (χ4v) is 2.08. The van der Waals surface area contributed by atoms with Gasteiger partial charge in [0.1, 0.15) is 0 Å². The van der Waals surface area contributed by atoms with Gasteiger partial charge in [0.25, 0.3) is 0 Å². The van der Waals surface area contributed by atoms with Crippen LogP contribution in [0.25, 0.3) is 0 Å². The average molecular weight is 202 g/mol. The molecule has 0 aromatic heterocycles. The predicted molar refractivity (Wildman–Crippen MR) is 57.9 cm³/mol. The van der Waals surface area contributed by atoms with E-state index < -0.39 is 0 Å². The normalized spacial score (nSPS) is 24.3. The van der Waals surface area contributed by atoms with Crippen molar-refractivity contribution < 1.29 is 4.79 Å². The molecule has 1 aliphatic heterocycles. The molecule has 76 valence electrons. The largest absolute Gasteiger partial charge is 0.349 e. The van der Waals surface area contributed by atoms with Crippen LogP contribution in [0.2, 0.25) is 0 Å². The maximum atomic E-state index is 11.1. The fraction of sp³-hybridized carbons (Fsp3) is 0.889. The van der Waals surface area contributed by atoms with Crippen LogP contribution in [0.5, 0.6) is 0 Å². The highest BCUT2D eigenvalue weighted by atomic mass is 31.1. The van der Waals surface area contributed by atoms with E-state index in [9.17, 15) is 4.79 Å². The van der Waals surface area contributed by atoms with E-state index in [4.69, 9.17) is 0 Å². The molecular weight excluding hydrogens is 183 g/mol. The third-order valence-electron chi connectivity index (χ3n) is 2.37. The summed E-state index contributed by atoms with van der Waals surface area (Å²) in [6, 6.07) is 0.409. The van der Waals surface area contributed by atoms with E-state index in [0.29, 0.717) is 14.6 Å². The summed E-state index contributed by atoms with van der Waals surface area (Å²) in [5.74, 6) is 0. The van der Waals surface area contributed by atoms with Crippen LogP contribution in [0.4, 0.5) is 4.79 Å². The maximum Gasteiger partial charge on any atom is 0.237 e. The topological polar surface area (TPSA) is 32.3 Å². The van der Waals surface area contributed by atoms with Crippen molar-refractivity contribution in [2.24, 2.45) is 0 Å². The lowest BCUT2D eigenvalue weighted by molar-refractivity contribution is 0.256. The van der Waals surface area contributed by atoms with Crippen molar-refractivity contribution >= 4 is 14.2 Å². The zero-order valence-corrected chi connectivity index (χ0v) is 9.47. The SMILES string of the molecule is CCCN1CCC(NC(=O)PC)C1. The highest BCUT2D eigenvalue weighted by Crippen LogP contribution is 2.12. The molecule has 1 aliphatic rings. The maximum absolute atomic E-state index is 11.1. The van der Waals surface area contributed by atoms with Crippen molar-refractivity contribution in [3.63, 3.8) is 0 Å². The van der Waals surface area contributed by atoms with Crippen molar-refractivity contribution in [1.29, 1.82) is 0 Å². The Morgan fingerprint density at radius 3 is 3.08 bits per heavy atom. The molecule has 1 rings (SSSR count). The molecule has 1 N–H and O–H groups in total. The van der Waals surface area contributed by atoms with Crippen LogP contribution in [0, 0.1) is 0 Å². The highest BCUT2D eigenvalue weighted by molar-refractivity contribution is 7.56. The van der Waals surface area contributed by atoms with E-state index in [-0.39, 0.29) is 5.65 Å². The van der Waals surface area contributed by atoms with Gasteiger partial charge in [-0.3, -0.25) is 4.79 Å². The smallest absolute Gasteiger partial charge is 0.237 e. The summed E-state index contributed by atoms with van der Waals surface area (Å²) in [7, 11) is 0.383. The molecule has 0 aliphatic carbocycles.